The van der Waals surface area contributed by atoms with E-state index in [0.717, 1.165) is 22.0 Å². The number of nitrogens with zero attached hydrogens (tertiary/aromatic N) is 2. The van der Waals surface area contributed by atoms with Crippen LogP contribution in [0.4, 0.5) is 11.5 Å². The normalized spacial score (nSPS) is 11.0. The van der Waals surface area contributed by atoms with Crippen LogP contribution in [0.5, 0.6) is 0 Å². The molecule has 0 aliphatic carbocycles. The Hall–Kier alpha value is -3.41. The molecular formula is C18H14N4O2. The Morgan fingerprint density at radius 2 is 2.08 bits per heavy atom. The fraction of sp³-hybridized carbons (Fsp3) is 0.0556. The molecule has 4 rings (SSSR count). The molecule has 6 nitrogen and oxygen atoms in total. The van der Waals surface area contributed by atoms with Crippen molar-refractivity contribution < 1.29 is 9.90 Å². The van der Waals surface area contributed by atoms with E-state index in [9.17, 15) is 9.90 Å². The molecule has 3 aromatic heterocycles. The maximum atomic E-state index is 11.2. The Labute approximate surface area is 137 Å². The largest absolute Gasteiger partial charge is 0.477 e. The van der Waals surface area contributed by atoms with Crippen molar-refractivity contribution in [3.8, 4) is 0 Å². The molecule has 0 atom stereocenters. The highest BCUT2D eigenvalue weighted by molar-refractivity contribution is 6.10. The number of hydrogen-bond donors (Lipinski definition) is 3. The molecular weight excluding hydrogens is 304 g/mol. The molecule has 0 saturated heterocycles. The Bertz CT molecular complexity index is 1080. The minimum atomic E-state index is -1.01. The summed E-state index contributed by atoms with van der Waals surface area (Å²) in [4.78, 5) is 22.9. The Balaban J connectivity index is 1.94. The summed E-state index contributed by atoms with van der Waals surface area (Å²) in [5.74, 6) is -0.365. The van der Waals surface area contributed by atoms with Gasteiger partial charge in [-0.3, -0.25) is 4.98 Å². The molecule has 0 fully saturated rings. The number of benzene rings is 1. The van der Waals surface area contributed by atoms with Gasteiger partial charge in [0.05, 0.1) is 11.0 Å². The van der Waals surface area contributed by atoms with E-state index < -0.39 is 5.97 Å². The summed E-state index contributed by atoms with van der Waals surface area (Å²) >= 11 is 0. The van der Waals surface area contributed by atoms with Crippen LogP contribution in [-0.2, 0) is 0 Å². The molecule has 3 heterocycles. The van der Waals surface area contributed by atoms with E-state index >= 15 is 0 Å². The number of carboxylic acids is 1. The summed E-state index contributed by atoms with van der Waals surface area (Å²) in [6.07, 6.45) is 3.40. The highest BCUT2D eigenvalue weighted by Gasteiger charge is 2.14. The number of aromatic carboxylic acids is 1. The molecule has 0 aliphatic rings. The van der Waals surface area contributed by atoms with Crippen molar-refractivity contribution in [2.75, 3.05) is 5.32 Å². The molecule has 4 aromatic rings. The molecule has 0 amide bonds. The zero-order valence-corrected chi connectivity index (χ0v) is 12.9. The number of H-pyrrole nitrogens is 1. The van der Waals surface area contributed by atoms with Crippen molar-refractivity contribution >= 4 is 39.3 Å². The number of aryl methyl sites for hydroxylation is 1. The zero-order chi connectivity index (χ0) is 16.7. The van der Waals surface area contributed by atoms with Gasteiger partial charge in [0.25, 0.3) is 0 Å². The van der Waals surface area contributed by atoms with Gasteiger partial charge in [-0.2, -0.15) is 0 Å². The number of hydrogen-bond acceptors (Lipinski definition) is 4. The van der Waals surface area contributed by atoms with Crippen molar-refractivity contribution in [1.82, 2.24) is 15.0 Å². The van der Waals surface area contributed by atoms with Crippen LogP contribution in [0.1, 0.15) is 16.1 Å². The van der Waals surface area contributed by atoms with Crippen molar-refractivity contribution in [2.45, 2.75) is 6.92 Å². The number of aromatic nitrogens is 3. The lowest BCUT2D eigenvalue weighted by Crippen LogP contribution is -1.96. The van der Waals surface area contributed by atoms with Gasteiger partial charge in [-0.05, 0) is 36.8 Å². The van der Waals surface area contributed by atoms with Crippen molar-refractivity contribution in [2.24, 2.45) is 0 Å². The monoisotopic (exact) mass is 318 g/mol. The maximum absolute atomic E-state index is 11.2. The SMILES string of the molecule is Cc1cccc(Nc2nc3cc(C(=O)O)[nH]c3c3ccncc23)c1. The van der Waals surface area contributed by atoms with Gasteiger partial charge in [0, 0.05) is 28.9 Å². The van der Waals surface area contributed by atoms with E-state index in [1.54, 1.807) is 18.5 Å². The minimum absolute atomic E-state index is 0.114. The van der Waals surface area contributed by atoms with Crippen LogP contribution < -0.4 is 5.32 Å². The number of carboxylic acid groups (broad SMARTS) is 1. The number of rotatable bonds is 3. The second-order valence-electron chi connectivity index (χ2n) is 5.62. The first-order chi connectivity index (χ1) is 11.6. The third kappa shape index (κ3) is 2.34. The Kier molecular flexibility index (Phi) is 3.16. The van der Waals surface area contributed by atoms with Crippen molar-refractivity contribution in [3.63, 3.8) is 0 Å². The molecule has 0 saturated carbocycles. The Morgan fingerprint density at radius 3 is 2.88 bits per heavy atom. The predicted octanol–water partition coefficient (Wildman–Crippen LogP) is 3.86. The summed E-state index contributed by atoms with van der Waals surface area (Å²) < 4.78 is 0. The summed E-state index contributed by atoms with van der Waals surface area (Å²) in [6.45, 7) is 2.02. The highest BCUT2D eigenvalue weighted by Crippen LogP contribution is 2.30. The number of anilines is 2. The Morgan fingerprint density at radius 1 is 1.21 bits per heavy atom. The van der Waals surface area contributed by atoms with Gasteiger partial charge >= 0.3 is 5.97 Å². The van der Waals surface area contributed by atoms with Crippen molar-refractivity contribution in [1.29, 1.82) is 0 Å². The van der Waals surface area contributed by atoms with Crippen LogP contribution in [0, 0.1) is 6.92 Å². The second-order valence-corrected chi connectivity index (χ2v) is 5.62. The average Bonchev–Trinajstić information content (AvgIpc) is 3.00. The van der Waals surface area contributed by atoms with Crippen LogP contribution in [0.3, 0.4) is 0 Å². The maximum Gasteiger partial charge on any atom is 0.352 e. The van der Waals surface area contributed by atoms with E-state index in [4.69, 9.17) is 0 Å². The molecule has 0 spiro atoms. The van der Waals surface area contributed by atoms with Gasteiger partial charge in [0.2, 0.25) is 0 Å². The molecule has 0 radical (unpaired) electrons. The van der Waals surface area contributed by atoms with Crippen LogP contribution in [0.15, 0.2) is 48.8 Å². The lowest BCUT2D eigenvalue weighted by molar-refractivity contribution is 0.0691. The standard InChI is InChI=1S/C18H14N4O2/c1-10-3-2-4-11(7-10)20-17-13-9-19-6-5-12(13)16-14(22-17)8-15(21-16)18(23)24/h2-9,21H,1H3,(H,20,22)(H,23,24). The molecule has 1 aromatic carbocycles. The smallest absolute Gasteiger partial charge is 0.352 e. The van der Waals surface area contributed by atoms with Gasteiger partial charge in [-0.15, -0.1) is 0 Å². The molecule has 3 N–H and O–H groups in total. The van der Waals surface area contributed by atoms with E-state index in [-0.39, 0.29) is 5.69 Å². The molecule has 0 unspecified atom stereocenters. The number of carbonyl (C=O) groups is 1. The topological polar surface area (TPSA) is 90.9 Å². The second kappa shape index (κ2) is 5.34. The first-order valence-corrected chi connectivity index (χ1v) is 7.45. The van der Waals surface area contributed by atoms with Crippen LogP contribution in [0.2, 0.25) is 0 Å². The van der Waals surface area contributed by atoms with Crippen molar-refractivity contribution in [3.05, 3.63) is 60.0 Å². The minimum Gasteiger partial charge on any atom is -0.477 e. The van der Waals surface area contributed by atoms with Crippen LogP contribution in [0.25, 0.3) is 21.8 Å². The van der Waals surface area contributed by atoms with E-state index in [2.05, 4.69) is 20.3 Å². The fourth-order valence-corrected chi connectivity index (χ4v) is 2.79. The number of pyridine rings is 2. The van der Waals surface area contributed by atoms with E-state index in [1.165, 1.54) is 0 Å². The first-order valence-electron chi connectivity index (χ1n) is 7.45. The number of aromatic amines is 1. The lowest BCUT2D eigenvalue weighted by atomic mass is 10.1. The predicted molar refractivity (Wildman–Crippen MR) is 92.8 cm³/mol. The summed E-state index contributed by atoms with van der Waals surface area (Å²) in [7, 11) is 0. The molecule has 118 valence electrons. The van der Waals surface area contributed by atoms with E-state index in [0.29, 0.717) is 16.9 Å². The van der Waals surface area contributed by atoms with Gasteiger partial charge in [0.15, 0.2) is 0 Å². The van der Waals surface area contributed by atoms with Gasteiger partial charge < -0.3 is 15.4 Å². The molecule has 24 heavy (non-hydrogen) atoms. The zero-order valence-electron chi connectivity index (χ0n) is 12.9. The molecule has 0 bridgehead atoms. The van der Waals surface area contributed by atoms with Gasteiger partial charge in [-0.1, -0.05) is 12.1 Å². The van der Waals surface area contributed by atoms with Gasteiger partial charge in [-0.25, -0.2) is 9.78 Å². The fourth-order valence-electron chi connectivity index (χ4n) is 2.79. The lowest BCUT2D eigenvalue weighted by Gasteiger charge is -2.10. The van der Waals surface area contributed by atoms with Crippen LogP contribution in [-0.4, -0.2) is 26.0 Å². The van der Waals surface area contributed by atoms with E-state index in [1.807, 2.05) is 37.3 Å². The summed E-state index contributed by atoms with van der Waals surface area (Å²) in [5.41, 5.74) is 3.46. The molecule has 0 aliphatic heterocycles. The van der Waals surface area contributed by atoms with Gasteiger partial charge in [0.1, 0.15) is 11.5 Å². The first kappa shape index (κ1) is 14.2. The number of nitrogens with one attached hydrogen (secondary N) is 2. The summed E-state index contributed by atoms with van der Waals surface area (Å²) in [5, 5.41) is 14.2. The summed E-state index contributed by atoms with van der Waals surface area (Å²) in [6, 6.07) is 11.4. The molecule has 6 heteroatoms. The average molecular weight is 318 g/mol. The third-order valence-corrected chi connectivity index (χ3v) is 3.89. The number of fused-ring (bicyclic) bond motifs is 3. The third-order valence-electron chi connectivity index (χ3n) is 3.89. The highest BCUT2D eigenvalue weighted by atomic mass is 16.4. The van der Waals surface area contributed by atoms with Crippen LogP contribution >= 0.6 is 0 Å². The quantitative estimate of drug-likeness (QED) is 0.533.